The maximum Gasteiger partial charge on any atom is 0.416 e. The molecule has 0 radical (unpaired) electrons. The zero-order valence-corrected chi connectivity index (χ0v) is 15.6. The van der Waals surface area contributed by atoms with Crippen LogP contribution in [0.25, 0.3) is 11.3 Å². The van der Waals surface area contributed by atoms with Gasteiger partial charge in [-0.2, -0.15) is 13.2 Å². The Balaban J connectivity index is 1.69. The van der Waals surface area contributed by atoms with E-state index in [9.17, 15) is 22.8 Å². The van der Waals surface area contributed by atoms with Gasteiger partial charge in [0.15, 0.2) is 5.76 Å². The fourth-order valence-corrected chi connectivity index (χ4v) is 2.82. The number of furan rings is 1. The summed E-state index contributed by atoms with van der Waals surface area (Å²) in [6, 6.07) is 13.9. The number of carbonyl (C=O) groups excluding carboxylic acids is 2. The van der Waals surface area contributed by atoms with Crippen LogP contribution in [-0.4, -0.2) is 11.8 Å². The highest BCUT2D eigenvalue weighted by Gasteiger charge is 2.30. The highest BCUT2D eigenvalue weighted by molar-refractivity contribution is 9.10. The van der Waals surface area contributed by atoms with E-state index in [1.54, 1.807) is 24.3 Å². The lowest BCUT2D eigenvalue weighted by molar-refractivity contribution is -0.137. The molecule has 2 N–H and O–H groups in total. The third-order valence-electron chi connectivity index (χ3n) is 3.71. The Bertz CT molecular complexity index is 1030. The van der Waals surface area contributed by atoms with Gasteiger partial charge in [0.05, 0.1) is 11.1 Å². The first-order valence-corrected chi connectivity index (χ1v) is 8.67. The molecule has 0 unspecified atom stereocenters. The van der Waals surface area contributed by atoms with Crippen molar-refractivity contribution in [3.63, 3.8) is 0 Å². The monoisotopic (exact) mass is 452 g/mol. The summed E-state index contributed by atoms with van der Waals surface area (Å²) in [5.41, 5.74) is 4.09. The molecule has 1 heterocycles. The molecule has 2 aromatic carbocycles. The minimum Gasteiger partial charge on any atom is -0.451 e. The second kappa shape index (κ2) is 7.89. The van der Waals surface area contributed by atoms with Crippen LogP contribution in [-0.2, 0) is 6.18 Å². The molecule has 0 saturated heterocycles. The Labute approximate surface area is 165 Å². The summed E-state index contributed by atoms with van der Waals surface area (Å²) in [5, 5.41) is 0. The van der Waals surface area contributed by atoms with Gasteiger partial charge in [0.2, 0.25) is 0 Å². The zero-order valence-electron chi connectivity index (χ0n) is 14.0. The highest BCUT2D eigenvalue weighted by Crippen LogP contribution is 2.32. The average molecular weight is 453 g/mol. The van der Waals surface area contributed by atoms with Gasteiger partial charge in [-0.25, -0.2) is 0 Å². The molecule has 0 aliphatic heterocycles. The summed E-state index contributed by atoms with van der Waals surface area (Å²) in [4.78, 5) is 24.2. The van der Waals surface area contributed by atoms with Crippen molar-refractivity contribution in [2.75, 3.05) is 0 Å². The van der Waals surface area contributed by atoms with E-state index in [4.69, 9.17) is 4.42 Å². The maximum absolute atomic E-state index is 12.8. The topological polar surface area (TPSA) is 71.3 Å². The number of hydrazine groups is 1. The summed E-state index contributed by atoms with van der Waals surface area (Å²) in [7, 11) is 0. The lowest BCUT2D eigenvalue weighted by Crippen LogP contribution is -2.41. The van der Waals surface area contributed by atoms with E-state index < -0.39 is 23.6 Å². The second-order valence-electron chi connectivity index (χ2n) is 5.63. The number of alkyl halides is 3. The SMILES string of the molecule is O=C(NNC(=O)c1ccccc1Br)c1ccc(-c2cccc(C(F)(F)F)c2)o1. The van der Waals surface area contributed by atoms with Gasteiger partial charge in [-0.3, -0.25) is 20.4 Å². The Morgan fingerprint density at radius 2 is 1.61 bits per heavy atom. The number of nitrogens with one attached hydrogen (secondary N) is 2. The lowest BCUT2D eigenvalue weighted by atomic mass is 10.1. The first-order valence-electron chi connectivity index (χ1n) is 7.88. The molecular formula is C19H12BrF3N2O3. The van der Waals surface area contributed by atoms with Crippen molar-refractivity contribution < 1.29 is 27.2 Å². The van der Waals surface area contributed by atoms with E-state index in [0.717, 1.165) is 12.1 Å². The van der Waals surface area contributed by atoms with E-state index in [1.165, 1.54) is 24.3 Å². The minimum absolute atomic E-state index is 0.0911. The molecule has 9 heteroatoms. The maximum atomic E-state index is 12.8. The molecule has 0 aliphatic rings. The van der Waals surface area contributed by atoms with Crippen LogP contribution in [0.3, 0.4) is 0 Å². The van der Waals surface area contributed by atoms with Crippen molar-refractivity contribution in [1.29, 1.82) is 0 Å². The van der Waals surface area contributed by atoms with E-state index in [2.05, 4.69) is 26.8 Å². The van der Waals surface area contributed by atoms with Gasteiger partial charge in [0.1, 0.15) is 5.76 Å². The van der Waals surface area contributed by atoms with E-state index in [0.29, 0.717) is 10.0 Å². The number of rotatable bonds is 3. The van der Waals surface area contributed by atoms with Crippen LogP contribution < -0.4 is 10.9 Å². The van der Waals surface area contributed by atoms with Gasteiger partial charge in [0, 0.05) is 10.0 Å². The molecular weight excluding hydrogens is 441 g/mol. The molecule has 0 spiro atoms. The summed E-state index contributed by atoms with van der Waals surface area (Å²) < 4.78 is 44.3. The van der Waals surface area contributed by atoms with Crippen molar-refractivity contribution in [3.05, 3.63) is 82.0 Å². The highest BCUT2D eigenvalue weighted by atomic mass is 79.9. The van der Waals surface area contributed by atoms with Gasteiger partial charge in [-0.15, -0.1) is 0 Å². The Kier molecular flexibility index (Phi) is 5.55. The van der Waals surface area contributed by atoms with Gasteiger partial charge >= 0.3 is 12.1 Å². The molecule has 0 atom stereocenters. The quantitative estimate of drug-likeness (QED) is 0.560. The fraction of sp³-hybridized carbons (Fsp3) is 0.0526. The molecule has 0 saturated carbocycles. The molecule has 3 rings (SSSR count). The Hall–Kier alpha value is -3.07. The number of halogens is 4. The number of hydrogen-bond donors (Lipinski definition) is 2. The third kappa shape index (κ3) is 4.42. The Morgan fingerprint density at radius 1 is 0.893 bits per heavy atom. The van der Waals surface area contributed by atoms with Gasteiger partial charge in [0.25, 0.3) is 5.91 Å². The van der Waals surface area contributed by atoms with Crippen LogP contribution in [0.5, 0.6) is 0 Å². The third-order valence-corrected chi connectivity index (χ3v) is 4.40. The molecule has 0 aliphatic carbocycles. The van der Waals surface area contributed by atoms with E-state index >= 15 is 0 Å². The number of amides is 2. The van der Waals surface area contributed by atoms with E-state index in [-0.39, 0.29) is 17.1 Å². The van der Waals surface area contributed by atoms with Crippen molar-refractivity contribution in [2.24, 2.45) is 0 Å². The zero-order chi connectivity index (χ0) is 20.3. The van der Waals surface area contributed by atoms with Crippen molar-refractivity contribution in [2.45, 2.75) is 6.18 Å². The first-order chi connectivity index (χ1) is 13.3. The van der Waals surface area contributed by atoms with Crippen LogP contribution in [0.4, 0.5) is 13.2 Å². The van der Waals surface area contributed by atoms with Gasteiger partial charge in [-0.1, -0.05) is 24.3 Å². The largest absolute Gasteiger partial charge is 0.451 e. The van der Waals surface area contributed by atoms with Crippen LogP contribution >= 0.6 is 15.9 Å². The molecule has 0 bridgehead atoms. The van der Waals surface area contributed by atoms with Crippen molar-refractivity contribution in [1.82, 2.24) is 10.9 Å². The van der Waals surface area contributed by atoms with Crippen LogP contribution in [0.15, 0.2) is 69.6 Å². The lowest BCUT2D eigenvalue weighted by Gasteiger charge is -2.08. The minimum atomic E-state index is -4.49. The molecule has 3 aromatic rings. The standard InChI is InChI=1S/C19H12BrF3N2O3/c20-14-7-2-1-6-13(14)17(26)24-25-18(27)16-9-8-15(28-16)11-4-3-5-12(10-11)19(21,22)23/h1-10H,(H,24,26)(H,25,27). The molecule has 144 valence electrons. The number of benzene rings is 2. The second-order valence-corrected chi connectivity index (χ2v) is 6.48. The summed E-state index contributed by atoms with van der Waals surface area (Å²) >= 11 is 3.23. The molecule has 2 amide bonds. The predicted octanol–water partition coefficient (Wildman–Crippen LogP) is 4.80. The van der Waals surface area contributed by atoms with Crippen LogP contribution in [0.2, 0.25) is 0 Å². The normalized spacial score (nSPS) is 11.1. The van der Waals surface area contributed by atoms with Crippen molar-refractivity contribution in [3.8, 4) is 11.3 Å². The predicted molar refractivity (Wildman–Crippen MR) is 98.2 cm³/mol. The molecule has 28 heavy (non-hydrogen) atoms. The van der Waals surface area contributed by atoms with Crippen LogP contribution in [0, 0.1) is 0 Å². The van der Waals surface area contributed by atoms with Crippen molar-refractivity contribution >= 4 is 27.7 Å². The fourth-order valence-electron chi connectivity index (χ4n) is 2.35. The number of carbonyl (C=O) groups is 2. The number of hydrogen-bond acceptors (Lipinski definition) is 3. The summed E-state index contributed by atoms with van der Waals surface area (Å²) in [6.45, 7) is 0. The van der Waals surface area contributed by atoms with Crippen LogP contribution in [0.1, 0.15) is 26.5 Å². The molecule has 5 nitrogen and oxygen atoms in total. The average Bonchev–Trinajstić information content (AvgIpc) is 3.16. The first kappa shape index (κ1) is 19.7. The summed E-state index contributed by atoms with van der Waals surface area (Å²) in [5.74, 6) is -1.38. The Morgan fingerprint density at radius 3 is 2.32 bits per heavy atom. The van der Waals surface area contributed by atoms with Gasteiger partial charge in [-0.05, 0) is 52.3 Å². The van der Waals surface area contributed by atoms with Gasteiger partial charge < -0.3 is 4.42 Å². The summed E-state index contributed by atoms with van der Waals surface area (Å²) in [6.07, 6.45) is -4.49. The van der Waals surface area contributed by atoms with E-state index in [1.807, 2.05) is 0 Å². The molecule has 1 aromatic heterocycles. The smallest absolute Gasteiger partial charge is 0.416 e. The molecule has 0 fully saturated rings.